The lowest BCUT2D eigenvalue weighted by atomic mass is 9.87. The average Bonchev–Trinajstić information content (AvgIpc) is 2.61. The van der Waals surface area contributed by atoms with Gasteiger partial charge in [0.25, 0.3) is 5.91 Å². The molecular weight excluding hydrogens is 400 g/mol. The molecule has 0 radical (unpaired) electrons. The van der Waals surface area contributed by atoms with Crippen LogP contribution in [0, 0.1) is 5.92 Å². The molecule has 4 rings (SSSR count). The highest BCUT2D eigenvalue weighted by molar-refractivity contribution is 9.10. The highest BCUT2D eigenvalue weighted by Gasteiger charge is 2.37. The fourth-order valence-corrected chi connectivity index (χ4v) is 4.26. The first-order valence-corrected chi connectivity index (χ1v) is 10.3. The predicted octanol–water partition coefficient (Wildman–Crippen LogP) is 2.33. The number of hydrazone groups is 1. The Kier molecular flexibility index (Phi) is 4.45. The van der Waals surface area contributed by atoms with Crippen molar-refractivity contribution in [3.8, 4) is 0 Å². The third-order valence-electron chi connectivity index (χ3n) is 4.89. The number of amidine groups is 1. The van der Waals surface area contributed by atoms with Gasteiger partial charge in [0.1, 0.15) is 11.9 Å². The number of fused-ring (bicyclic) bond motifs is 2. The van der Waals surface area contributed by atoms with Gasteiger partial charge in [0.05, 0.1) is 5.36 Å². The van der Waals surface area contributed by atoms with Crippen LogP contribution in [-0.4, -0.2) is 28.5 Å². The van der Waals surface area contributed by atoms with E-state index in [0.29, 0.717) is 16.8 Å². The minimum atomic E-state index is -0.138. The average molecular weight is 419 g/mol. The Labute approximate surface area is 159 Å². The third-order valence-corrected chi connectivity index (χ3v) is 5.96. The number of nitrogens with zero attached hydrogens (tertiary/aromatic N) is 3. The maximum Gasteiger partial charge on any atom is 0.276 e. The minimum Gasteiger partial charge on any atom is -0.298 e. The SMILES string of the molecule is CSC1=NN2C(=c3cc(Br)ccc3=NC2C2CC=C(C)CC2)C(=O)N1. The molecule has 0 bridgehead atoms. The Morgan fingerprint density at radius 3 is 2.96 bits per heavy atom. The van der Waals surface area contributed by atoms with E-state index >= 15 is 0 Å². The van der Waals surface area contributed by atoms with Gasteiger partial charge in [-0.05, 0) is 50.6 Å². The van der Waals surface area contributed by atoms with Gasteiger partial charge in [-0.25, -0.2) is 5.01 Å². The molecule has 2 aliphatic heterocycles. The van der Waals surface area contributed by atoms with Crippen LogP contribution in [0.5, 0.6) is 0 Å². The Hall–Kier alpha value is -1.60. The summed E-state index contributed by atoms with van der Waals surface area (Å²) in [6, 6.07) is 5.89. The van der Waals surface area contributed by atoms with Crippen LogP contribution in [0.3, 0.4) is 0 Å². The second-order valence-corrected chi connectivity index (χ2v) is 8.26. The molecule has 25 heavy (non-hydrogen) atoms. The molecule has 1 aliphatic carbocycles. The molecule has 0 saturated carbocycles. The molecule has 2 heterocycles. The monoisotopic (exact) mass is 418 g/mol. The predicted molar refractivity (Wildman–Crippen MR) is 104 cm³/mol. The van der Waals surface area contributed by atoms with Crippen molar-refractivity contribution in [1.82, 2.24) is 10.3 Å². The summed E-state index contributed by atoms with van der Waals surface area (Å²) in [6.45, 7) is 2.18. The maximum atomic E-state index is 12.8. The van der Waals surface area contributed by atoms with E-state index in [2.05, 4.69) is 34.2 Å². The van der Waals surface area contributed by atoms with Crippen LogP contribution in [0.25, 0.3) is 5.70 Å². The van der Waals surface area contributed by atoms with E-state index in [0.717, 1.165) is 34.3 Å². The van der Waals surface area contributed by atoms with Gasteiger partial charge in [0, 0.05) is 15.6 Å². The first-order chi connectivity index (χ1) is 12.1. The normalized spacial score (nSPS) is 25.3. The molecule has 1 aromatic carbocycles. The molecular formula is C18H19BrN4OS. The third kappa shape index (κ3) is 3.04. The zero-order chi connectivity index (χ0) is 17.6. The van der Waals surface area contributed by atoms with Gasteiger partial charge in [-0.2, -0.15) is 0 Å². The quantitative estimate of drug-likeness (QED) is 0.711. The number of carbonyl (C=O) groups excluding carboxylic acids is 1. The molecule has 0 fully saturated rings. The fourth-order valence-electron chi connectivity index (χ4n) is 3.53. The van der Waals surface area contributed by atoms with Gasteiger partial charge in [-0.15, -0.1) is 5.10 Å². The highest BCUT2D eigenvalue weighted by atomic mass is 79.9. The number of halogens is 1. The summed E-state index contributed by atoms with van der Waals surface area (Å²) < 4.78 is 0.927. The number of hydrogen-bond donors (Lipinski definition) is 1. The minimum absolute atomic E-state index is 0.110. The van der Waals surface area contributed by atoms with Gasteiger partial charge >= 0.3 is 0 Å². The van der Waals surface area contributed by atoms with Crippen molar-refractivity contribution in [2.24, 2.45) is 16.0 Å². The van der Waals surface area contributed by atoms with E-state index in [9.17, 15) is 4.79 Å². The number of benzene rings is 1. The van der Waals surface area contributed by atoms with Gasteiger partial charge in [-0.3, -0.25) is 15.1 Å². The standard InChI is InChI=1S/C18H19BrN4OS/c1-10-3-5-11(6-4-10)16-20-14-8-7-12(19)9-13(14)15-17(24)21-18(25-2)22-23(15)16/h3,7-9,11,16H,4-6H2,1-2H3,(H,21,22,24). The summed E-state index contributed by atoms with van der Waals surface area (Å²) in [5, 5.41) is 11.7. The van der Waals surface area contributed by atoms with Crippen LogP contribution >= 0.6 is 27.7 Å². The number of amides is 1. The summed E-state index contributed by atoms with van der Waals surface area (Å²) in [4.78, 5) is 17.8. The lowest BCUT2D eigenvalue weighted by molar-refractivity contribution is -0.116. The summed E-state index contributed by atoms with van der Waals surface area (Å²) in [7, 11) is 0. The number of thioether (sulfide) groups is 1. The fraction of sp³-hybridized carbons (Fsp3) is 0.389. The second-order valence-electron chi connectivity index (χ2n) is 6.55. The molecule has 0 saturated heterocycles. The van der Waals surface area contributed by atoms with Gasteiger partial charge in [0.2, 0.25) is 0 Å². The lowest BCUT2D eigenvalue weighted by Crippen LogP contribution is -2.54. The summed E-state index contributed by atoms with van der Waals surface area (Å²) in [6.07, 6.45) is 7.19. The molecule has 2 atom stereocenters. The van der Waals surface area contributed by atoms with Gasteiger partial charge in [-0.1, -0.05) is 39.3 Å². The number of allylic oxidation sites excluding steroid dienone is 2. The molecule has 7 heteroatoms. The van der Waals surface area contributed by atoms with Crippen molar-refractivity contribution in [2.45, 2.75) is 32.4 Å². The van der Waals surface area contributed by atoms with E-state index in [1.54, 1.807) is 0 Å². The molecule has 0 spiro atoms. The Morgan fingerprint density at radius 1 is 1.40 bits per heavy atom. The van der Waals surface area contributed by atoms with Crippen molar-refractivity contribution < 1.29 is 4.79 Å². The van der Waals surface area contributed by atoms with Crippen LogP contribution in [0.2, 0.25) is 0 Å². The topological polar surface area (TPSA) is 57.1 Å². The van der Waals surface area contributed by atoms with E-state index < -0.39 is 0 Å². The van der Waals surface area contributed by atoms with Crippen molar-refractivity contribution in [3.05, 3.63) is 44.9 Å². The Bertz CT molecular complexity index is 923. The van der Waals surface area contributed by atoms with Gasteiger partial charge in [0.15, 0.2) is 5.17 Å². The van der Waals surface area contributed by atoms with E-state index in [1.165, 1.54) is 17.3 Å². The van der Waals surface area contributed by atoms with Crippen LogP contribution in [0.1, 0.15) is 26.2 Å². The lowest BCUT2D eigenvalue weighted by Gasteiger charge is -2.38. The number of nitrogens with one attached hydrogen (secondary N) is 1. The molecule has 3 aliphatic rings. The molecule has 130 valence electrons. The molecule has 0 aromatic heterocycles. The van der Waals surface area contributed by atoms with Crippen molar-refractivity contribution >= 4 is 44.5 Å². The van der Waals surface area contributed by atoms with Crippen LogP contribution in [-0.2, 0) is 4.79 Å². The largest absolute Gasteiger partial charge is 0.298 e. The Balaban J connectivity index is 1.89. The molecule has 2 unspecified atom stereocenters. The number of rotatable bonds is 1. The second kappa shape index (κ2) is 6.61. The number of carbonyl (C=O) groups is 1. The first-order valence-electron chi connectivity index (χ1n) is 8.33. The maximum absolute atomic E-state index is 12.8. The smallest absolute Gasteiger partial charge is 0.276 e. The summed E-state index contributed by atoms with van der Waals surface area (Å²) in [5.74, 6) is 0.245. The van der Waals surface area contributed by atoms with Crippen LogP contribution in [0.15, 0.2) is 44.4 Å². The van der Waals surface area contributed by atoms with E-state index in [-0.39, 0.29) is 12.1 Å². The van der Waals surface area contributed by atoms with Crippen LogP contribution < -0.4 is 15.9 Å². The van der Waals surface area contributed by atoms with Crippen molar-refractivity contribution in [1.29, 1.82) is 0 Å². The molecule has 5 nitrogen and oxygen atoms in total. The van der Waals surface area contributed by atoms with Crippen LogP contribution in [0.4, 0.5) is 0 Å². The van der Waals surface area contributed by atoms with Crippen molar-refractivity contribution in [3.63, 3.8) is 0 Å². The Morgan fingerprint density at radius 2 is 2.24 bits per heavy atom. The molecule has 1 N–H and O–H groups in total. The molecule has 1 amide bonds. The molecule has 1 aromatic rings. The van der Waals surface area contributed by atoms with Gasteiger partial charge < -0.3 is 0 Å². The van der Waals surface area contributed by atoms with E-state index in [4.69, 9.17) is 10.1 Å². The summed E-state index contributed by atoms with van der Waals surface area (Å²) >= 11 is 4.94. The first kappa shape index (κ1) is 16.8. The van der Waals surface area contributed by atoms with Crippen molar-refractivity contribution in [2.75, 3.05) is 6.26 Å². The zero-order valence-corrected chi connectivity index (χ0v) is 16.5. The zero-order valence-electron chi connectivity index (χ0n) is 14.1. The van der Waals surface area contributed by atoms with E-state index in [1.807, 2.05) is 29.5 Å². The number of hydrogen-bond acceptors (Lipinski definition) is 5. The highest BCUT2D eigenvalue weighted by Crippen LogP contribution is 2.32. The summed E-state index contributed by atoms with van der Waals surface area (Å²) in [5.41, 5.74) is 2.03.